The average molecular weight is 310 g/mol. The van der Waals surface area contributed by atoms with Gasteiger partial charge in [-0.05, 0) is 12.8 Å². The number of aromatic nitrogens is 2. The van der Waals surface area contributed by atoms with E-state index in [4.69, 9.17) is 9.26 Å². The molecule has 22 heavy (non-hydrogen) atoms. The van der Waals surface area contributed by atoms with Crippen molar-refractivity contribution < 1.29 is 14.1 Å². The van der Waals surface area contributed by atoms with Crippen LogP contribution in [0.25, 0.3) is 0 Å². The molecule has 1 fully saturated rings. The molecule has 0 aliphatic carbocycles. The highest BCUT2D eigenvalue weighted by molar-refractivity contribution is 5.74. The Bertz CT molecular complexity index is 475. The molecule has 0 spiro atoms. The fourth-order valence-electron chi connectivity index (χ4n) is 2.38. The van der Waals surface area contributed by atoms with Crippen LogP contribution in [0.4, 0.5) is 4.79 Å². The van der Waals surface area contributed by atoms with Crippen LogP contribution in [0.1, 0.15) is 51.2 Å². The first kappa shape index (κ1) is 16.7. The van der Waals surface area contributed by atoms with Crippen LogP contribution >= 0.6 is 0 Å². The molecule has 0 radical (unpaired) electrons. The predicted octanol–water partition coefficient (Wildman–Crippen LogP) is 2.15. The number of likely N-dealkylation sites (tertiary alicyclic amines) is 1. The Hall–Kier alpha value is -1.63. The number of nitrogens with zero attached hydrogens (tertiary/aromatic N) is 3. The van der Waals surface area contributed by atoms with Gasteiger partial charge in [0.05, 0.1) is 13.2 Å². The third kappa shape index (κ3) is 4.69. The van der Waals surface area contributed by atoms with Crippen LogP contribution in [-0.2, 0) is 11.3 Å². The monoisotopic (exact) mass is 310 g/mol. The van der Waals surface area contributed by atoms with Gasteiger partial charge < -0.3 is 19.5 Å². The fourth-order valence-corrected chi connectivity index (χ4v) is 2.38. The molecule has 1 aromatic rings. The van der Waals surface area contributed by atoms with Gasteiger partial charge in [-0.1, -0.05) is 25.9 Å². The molecule has 124 valence electrons. The first-order valence-corrected chi connectivity index (χ1v) is 8.03. The number of amides is 2. The van der Waals surface area contributed by atoms with Crippen molar-refractivity contribution in [1.82, 2.24) is 20.4 Å². The first-order chi connectivity index (χ1) is 10.6. The molecule has 0 unspecified atom stereocenters. The van der Waals surface area contributed by atoms with Crippen LogP contribution in [-0.4, -0.2) is 47.4 Å². The number of hydrogen-bond acceptors (Lipinski definition) is 5. The molecule has 1 saturated heterocycles. The number of carbonyl (C=O) groups is 1. The van der Waals surface area contributed by atoms with Crippen molar-refractivity contribution in [1.29, 1.82) is 0 Å². The van der Waals surface area contributed by atoms with Gasteiger partial charge in [-0.2, -0.15) is 4.98 Å². The van der Waals surface area contributed by atoms with Gasteiger partial charge in [0.25, 0.3) is 0 Å². The van der Waals surface area contributed by atoms with E-state index in [-0.39, 0.29) is 18.5 Å². The number of ether oxygens (including phenoxy) is 1. The topological polar surface area (TPSA) is 80.5 Å². The van der Waals surface area contributed by atoms with Crippen molar-refractivity contribution >= 4 is 6.03 Å². The zero-order chi connectivity index (χ0) is 15.9. The smallest absolute Gasteiger partial charge is 0.317 e. The van der Waals surface area contributed by atoms with Gasteiger partial charge in [0.2, 0.25) is 5.89 Å². The maximum atomic E-state index is 12.1. The third-order valence-electron chi connectivity index (χ3n) is 3.67. The third-order valence-corrected chi connectivity index (χ3v) is 3.67. The number of hydrogen-bond donors (Lipinski definition) is 1. The molecule has 0 aromatic carbocycles. The Kier molecular flexibility index (Phi) is 6.18. The molecule has 2 amide bonds. The van der Waals surface area contributed by atoms with Gasteiger partial charge >= 0.3 is 6.03 Å². The standard InChI is InChI=1S/C15H26N4O3/c1-4-7-21-10-12-5-6-19(9-12)15(20)16-8-13-17-14(11(2)3)18-22-13/h11-12H,4-10H2,1-3H3,(H,16,20)/t12-/m1/s1. The molecular weight excluding hydrogens is 284 g/mol. The minimum Gasteiger partial charge on any atom is -0.381 e. The van der Waals surface area contributed by atoms with Crippen molar-refractivity contribution in [3.63, 3.8) is 0 Å². The number of carbonyl (C=O) groups excluding carboxylic acids is 1. The largest absolute Gasteiger partial charge is 0.381 e. The summed E-state index contributed by atoms with van der Waals surface area (Å²) in [4.78, 5) is 18.2. The Morgan fingerprint density at radius 1 is 1.55 bits per heavy atom. The van der Waals surface area contributed by atoms with Gasteiger partial charge in [-0.25, -0.2) is 4.79 Å². The Balaban J connectivity index is 1.71. The summed E-state index contributed by atoms with van der Waals surface area (Å²) < 4.78 is 10.7. The van der Waals surface area contributed by atoms with E-state index in [9.17, 15) is 4.79 Å². The summed E-state index contributed by atoms with van der Waals surface area (Å²) in [5.41, 5.74) is 0. The summed E-state index contributed by atoms with van der Waals surface area (Å²) in [6, 6.07) is -0.0812. The molecule has 1 aromatic heterocycles. The molecular formula is C15H26N4O3. The predicted molar refractivity (Wildman–Crippen MR) is 81.4 cm³/mol. The molecule has 1 aliphatic heterocycles. The molecule has 0 saturated carbocycles. The van der Waals surface area contributed by atoms with Crippen LogP contribution in [0.2, 0.25) is 0 Å². The lowest BCUT2D eigenvalue weighted by atomic mass is 10.1. The van der Waals surface area contributed by atoms with E-state index in [1.54, 1.807) is 0 Å². The van der Waals surface area contributed by atoms with Crippen LogP contribution in [0.3, 0.4) is 0 Å². The zero-order valence-corrected chi connectivity index (χ0v) is 13.7. The van der Waals surface area contributed by atoms with Gasteiger partial charge in [-0.3, -0.25) is 0 Å². The number of urea groups is 1. The van der Waals surface area contributed by atoms with Crippen LogP contribution < -0.4 is 5.32 Å². The molecule has 2 rings (SSSR count). The highest BCUT2D eigenvalue weighted by atomic mass is 16.5. The second-order valence-electron chi connectivity index (χ2n) is 6.04. The molecule has 0 bridgehead atoms. The molecule has 7 heteroatoms. The van der Waals surface area contributed by atoms with E-state index < -0.39 is 0 Å². The van der Waals surface area contributed by atoms with Gasteiger partial charge in [-0.15, -0.1) is 0 Å². The molecule has 1 aliphatic rings. The normalized spacial score (nSPS) is 18.2. The minimum atomic E-state index is -0.0812. The molecule has 7 nitrogen and oxygen atoms in total. The lowest BCUT2D eigenvalue weighted by molar-refractivity contribution is 0.102. The highest BCUT2D eigenvalue weighted by Crippen LogP contribution is 2.16. The number of rotatable bonds is 7. The summed E-state index contributed by atoms with van der Waals surface area (Å²) in [6.45, 7) is 9.40. The van der Waals surface area contributed by atoms with Crippen molar-refractivity contribution in [2.45, 2.75) is 46.1 Å². The maximum Gasteiger partial charge on any atom is 0.317 e. The second-order valence-corrected chi connectivity index (χ2v) is 6.04. The van der Waals surface area contributed by atoms with Crippen molar-refractivity contribution in [3.8, 4) is 0 Å². The molecule has 1 N–H and O–H groups in total. The van der Waals surface area contributed by atoms with Gasteiger partial charge in [0, 0.05) is 31.5 Å². The zero-order valence-electron chi connectivity index (χ0n) is 13.7. The summed E-state index contributed by atoms with van der Waals surface area (Å²) in [6.07, 6.45) is 2.02. The van der Waals surface area contributed by atoms with Gasteiger partial charge in [0.15, 0.2) is 5.82 Å². The molecule has 1 atom stereocenters. The van der Waals surface area contributed by atoms with Crippen molar-refractivity contribution in [2.75, 3.05) is 26.3 Å². The average Bonchev–Trinajstić information content (AvgIpc) is 3.14. The van der Waals surface area contributed by atoms with E-state index in [0.717, 1.165) is 39.1 Å². The van der Waals surface area contributed by atoms with E-state index >= 15 is 0 Å². The van der Waals surface area contributed by atoms with Crippen LogP contribution in [0, 0.1) is 5.92 Å². The maximum absolute atomic E-state index is 12.1. The summed E-state index contributed by atoms with van der Waals surface area (Å²) in [5, 5.41) is 6.71. The highest BCUT2D eigenvalue weighted by Gasteiger charge is 2.26. The van der Waals surface area contributed by atoms with Crippen molar-refractivity contribution in [3.05, 3.63) is 11.7 Å². The van der Waals surface area contributed by atoms with E-state index in [1.807, 2.05) is 18.7 Å². The van der Waals surface area contributed by atoms with E-state index in [2.05, 4.69) is 22.4 Å². The van der Waals surface area contributed by atoms with E-state index in [1.165, 1.54) is 0 Å². The van der Waals surface area contributed by atoms with Gasteiger partial charge in [0.1, 0.15) is 0 Å². The Morgan fingerprint density at radius 3 is 3.05 bits per heavy atom. The molecule has 2 heterocycles. The fraction of sp³-hybridized carbons (Fsp3) is 0.800. The van der Waals surface area contributed by atoms with Crippen LogP contribution in [0.15, 0.2) is 4.52 Å². The minimum absolute atomic E-state index is 0.0812. The second kappa shape index (κ2) is 8.12. The van der Waals surface area contributed by atoms with E-state index in [0.29, 0.717) is 17.6 Å². The summed E-state index contributed by atoms with van der Waals surface area (Å²) in [7, 11) is 0. The Morgan fingerprint density at radius 2 is 2.36 bits per heavy atom. The first-order valence-electron chi connectivity index (χ1n) is 8.03. The number of nitrogens with one attached hydrogen (secondary N) is 1. The summed E-state index contributed by atoms with van der Waals surface area (Å²) in [5.74, 6) is 1.77. The Labute approximate surface area is 131 Å². The summed E-state index contributed by atoms with van der Waals surface area (Å²) >= 11 is 0. The van der Waals surface area contributed by atoms with Crippen molar-refractivity contribution in [2.24, 2.45) is 5.92 Å². The SMILES string of the molecule is CCCOC[C@@H]1CCN(C(=O)NCc2nc(C(C)C)no2)C1. The lowest BCUT2D eigenvalue weighted by Gasteiger charge is -2.16. The lowest BCUT2D eigenvalue weighted by Crippen LogP contribution is -2.38. The van der Waals surface area contributed by atoms with Crippen LogP contribution in [0.5, 0.6) is 0 Å². The quantitative estimate of drug-likeness (QED) is 0.781.